The fourth-order valence-corrected chi connectivity index (χ4v) is 2.12. The van der Waals surface area contributed by atoms with Gasteiger partial charge in [0.05, 0.1) is 12.2 Å². The quantitative estimate of drug-likeness (QED) is 0.710. The second-order valence-electron chi connectivity index (χ2n) is 4.10. The van der Waals surface area contributed by atoms with Crippen molar-refractivity contribution in [3.8, 4) is 0 Å². The van der Waals surface area contributed by atoms with Crippen molar-refractivity contribution in [2.75, 3.05) is 18.0 Å². The van der Waals surface area contributed by atoms with Gasteiger partial charge in [-0.15, -0.1) is 0 Å². The molecule has 1 aliphatic rings. The van der Waals surface area contributed by atoms with E-state index in [1.54, 1.807) is 0 Å². The summed E-state index contributed by atoms with van der Waals surface area (Å²) < 4.78 is 19.2. The summed E-state index contributed by atoms with van der Waals surface area (Å²) in [5.41, 5.74) is 0. The van der Waals surface area contributed by atoms with Crippen LogP contribution >= 0.6 is 11.6 Å². The molecule has 0 bridgehead atoms. The Morgan fingerprint density at radius 2 is 2.00 bits per heavy atom. The summed E-state index contributed by atoms with van der Waals surface area (Å²) in [6.45, 7) is 5.19. The zero-order valence-electron chi connectivity index (χ0n) is 9.28. The van der Waals surface area contributed by atoms with E-state index in [1.807, 2.05) is 18.7 Å². The summed E-state index contributed by atoms with van der Waals surface area (Å²) in [4.78, 5) is 5.90. The molecule has 0 aliphatic carbocycles. The van der Waals surface area contributed by atoms with Crippen LogP contribution in [0, 0.1) is 5.82 Å². The van der Waals surface area contributed by atoms with Gasteiger partial charge in [0.2, 0.25) is 0 Å². The van der Waals surface area contributed by atoms with E-state index < -0.39 is 0 Å². The lowest BCUT2D eigenvalue weighted by molar-refractivity contribution is -0.00564. The summed E-state index contributed by atoms with van der Waals surface area (Å²) in [7, 11) is 0. The highest BCUT2D eigenvalue weighted by Crippen LogP contribution is 2.23. The van der Waals surface area contributed by atoms with Gasteiger partial charge in [0.25, 0.3) is 0 Å². The number of anilines is 1. The molecule has 1 fully saturated rings. The molecule has 2 heterocycles. The molecule has 1 aromatic rings. The van der Waals surface area contributed by atoms with Crippen LogP contribution in [-0.2, 0) is 4.74 Å². The third kappa shape index (κ3) is 2.44. The standard InChI is InChI=1S/C11H14ClFN2O/c1-7-5-15(6-8(2)16-7)11-9(13)3-4-10(12)14-11/h3-4,7-8H,5-6H2,1-2H3/t7-,8+. The summed E-state index contributed by atoms with van der Waals surface area (Å²) >= 11 is 5.77. The number of ether oxygens (including phenoxy) is 1. The molecule has 0 saturated carbocycles. The predicted octanol–water partition coefficient (Wildman–Crippen LogP) is 2.49. The lowest BCUT2D eigenvalue weighted by atomic mass is 10.2. The van der Waals surface area contributed by atoms with Crippen LogP contribution in [0.5, 0.6) is 0 Å². The van der Waals surface area contributed by atoms with E-state index in [-0.39, 0.29) is 18.0 Å². The first-order valence-electron chi connectivity index (χ1n) is 5.28. The number of halogens is 2. The van der Waals surface area contributed by atoms with E-state index in [4.69, 9.17) is 16.3 Å². The molecule has 1 aromatic heterocycles. The minimum absolute atomic E-state index is 0.0731. The summed E-state index contributed by atoms with van der Waals surface area (Å²) in [6.07, 6.45) is 0.146. The minimum Gasteiger partial charge on any atom is -0.372 e. The van der Waals surface area contributed by atoms with E-state index in [0.717, 1.165) is 0 Å². The van der Waals surface area contributed by atoms with Crippen LogP contribution in [0.2, 0.25) is 5.15 Å². The Labute approximate surface area is 99.2 Å². The van der Waals surface area contributed by atoms with Crippen molar-refractivity contribution in [1.82, 2.24) is 4.98 Å². The van der Waals surface area contributed by atoms with E-state index in [9.17, 15) is 4.39 Å². The maximum atomic E-state index is 13.6. The highest BCUT2D eigenvalue weighted by atomic mass is 35.5. The monoisotopic (exact) mass is 244 g/mol. The maximum Gasteiger partial charge on any atom is 0.166 e. The molecular formula is C11H14ClFN2O. The minimum atomic E-state index is -0.342. The molecule has 2 atom stereocenters. The number of rotatable bonds is 1. The molecular weight excluding hydrogens is 231 g/mol. The van der Waals surface area contributed by atoms with Crippen molar-refractivity contribution in [1.29, 1.82) is 0 Å². The van der Waals surface area contributed by atoms with Gasteiger partial charge in [-0.1, -0.05) is 11.6 Å². The third-order valence-electron chi connectivity index (χ3n) is 2.51. The largest absolute Gasteiger partial charge is 0.372 e. The molecule has 16 heavy (non-hydrogen) atoms. The number of aromatic nitrogens is 1. The molecule has 5 heteroatoms. The molecule has 1 aliphatic heterocycles. The van der Waals surface area contributed by atoms with Crippen molar-refractivity contribution < 1.29 is 9.13 Å². The Hall–Kier alpha value is -0.870. The fraction of sp³-hybridized carbons (Fsp3) is 0.545. The zero-order chi connectivity index (χ0) is 11.7. The van der Waals surface area contributed by atoms with Crippen LogP contribution in [0.25, 0.3) is 0 Å². The third-order valence-corrected chi connectivity index (χ3v) is 2.72. The van der Waals surface area contributed by atoms with Gasteiger partial charge >= 0.3 is 0 Å². The fourth-order valence-electron chi connectivity index (χ4n) is 1.98. The molecule has 1 saturated heterocycles. The number of hydrogen-bond donors (Lipinski definition) is 0. The Bertz CT molecular complexity index is 378. The topological polar surface area (TPSA) is 25.4 Å². The smallest absolute Gasteiger partial charge is 0.166 e. The van der Waals surface area contributed by atoms with Crippen LogP contribution in [0.3, 0.4) is 0 Å². The number of nitrogens with zero attached hydrogens (tertiary/aromatic N) is 2. The molecule has 0 spiro atoms. The van der Waals surface area contributed by atoms with Gasteiger partial charge < -0.3 is 9.64 Å². The molecule has 3 nitrogen and oxygen atoms in total. The van der Waals surface area contributed by atoms with Gasteiger partial charge in [0, 0.05) is 13.1 Å². The van der Waals surface area contributed by atoms with Gasteiger partial charge in [0.1, 0.15) is 5.15 Å². The van der Waals surface area contributed by atoms with E-state index in [1.165, 1.54) is 12.1 Å². The van der Waals surface area contributed by atoms with Crippen LogP contribution < -0.4 is 4.90 Å². The van der Waals surface area contributed by atoms with Gasteiger partial charge in [-0.05, 0) is 26.0 Å². The number of pyridine rings is 1. The van der Waals surface area contributed by atoms with Crippen molar-refractivity contribution in [2.45, 2.75) is 26.1 Å². The highest BCUT2D eigenvalue weighted by Gasteiger charge is 2.25. The average Bonchev–Trinajstić information content (AvgIpc) is 2.20. The first kappa shape index (κ1) is 11.6. The molecule has 0 unspecified atom stereocenters. The van der Waals surface area contributed by atoms with Gasteiger partial charge in [-0.2, -0.15) is 0 Å². The molecule has 0 N–H and O–H groups in total. The first-order chi connectivity index (χ1) is 7.56. The molecule has 0 radical (unpaired) electrons. The van der Waals surface area contributed by atoms with Crippen LogP contribution in [0.1, 0.15) is 13.8 Å². The molecule has 0 aromatic carbocycles. The van der Waals surface area contributed by atoms with Crippen molar-refractivity contribution in [3.63, 3.8) is 0 Å². The summed E-state index contributed by atoms with van der Waals surface area (Å²) in [6, 6.07) is 2.79. The van der Waals surface area contributed by atoms with E-state index in [2.05, 4.69) is 4.98 Å². The average molecular weight is 245 g/mol. The zero-order valence-corrected chi connectivity index (χ0v) is 10.0. The van der Waals surface area contributed by atoms with Gasteiger partial charge in [-0.3, -0.25) is 0 Å². The van der Waals surface area contributed by atoms with Crippen LogP contribution in [0.4, 0.5) is 10.2 Å². The highest BCUT2D eigenvalue weighted by molar-refractivity contribution is 6.29. The van der Waals surface area contributed by atoms with Crippen LogP contribution in [0.15, 0.2) is 12.1 Å². The van der Waals surface area contributed by atoms with Gasteiger partial charge in [-0.25, -0.2) is 9.37 Å². The maximum absolute atomic E-state index is 13.6. The Balaban J connectivity index is 2.25. The first-order valence-corrected chi connectivity index (χ1v) is 5.66. The van der Waals surface area contributed by atoms with Crippen LogP contribution in [-0.4, -0.2) is 30.3 Å². The van der Waals surface area contributed by atoms with E-state index in [0.29, 0.717) is 24.1 Å². The van der Waals surface area contributed by atoms with Gasteiger partial charge in [0.15, 0.2) is 11.6 Å². The number of morpholine rings is 1. The SMILES string of the molecule is C[C@@H]1CN(c2nc(Cl)ccc2F)C[C@H](C)O1. The second-order valence-corrected chi connectivity index (χ2v) is 4.49. The second kappa shape index (κ2) is 4.55. The lowest BCUT2D eigenvalue weighted by Gasteiger charge is -2.36. The lowest BCUT2D eigenvalue weighted by Crippen LogP contribution is -2.46. The normalized spacial score (nSPS) is 25.9. The summed E-state index contributed by atoms with van der Waals surface area (Å²) in [5.74, 6) is -0.0276. The summed E-state index contributed by atoms with van der Waals surface area (Å²) in [5, 5.41) is 0.309. The Kier molecular flexibility index (Phi) is 3.30. The molecule has 88 valence electrons. The van der Waals surface area contributed by atoms with Crippen molar-refractivity contribution >= 4 is 17.4 Å². The number of hydrogen-bond acceptors (Lipinski definition) is 3. The van der Waals surface area contributed by atoms with Crippen molar-refractivity contribution in [3.05, 3.63) is 23.1 Å². The Morgan fingerprint density at radius 1 is 1.38 bits per heavy atom. The Morgan fingerprint density at radius 3 is 2.62 bits per heavy atom. The van der Waals surface area contributed by atoms with Crippen molar-refractivity contribution in [2.24, 2.45) is 0 Å². The molecule has 0 amide bonds. The van der Waals surface area contributed by atoms with E-state index >= 15 is 0 Å². The molecule has 2 rings (SSSR count). The predicted molar refractivity (Wildman–Crippen MR) is 61.4 cm³/mol.